The Balaban J connectivity index is 1.61. The first-order valence-electron chi connectivity index (χ1n) is 11.4. The highest BCUT2D eigenvalue weighted by Gasteiger charge is 2.40. The van der Waals surface area contributed by atoms with Gasteiger partial charge in [-0.15, -0.1) is 0 Å². The lowest BCUT2D eigenvalue weighted by atomic mass is 10.0. The van der Waals surface area contributed by atoms with E-state index in [2.05, 4.69) is 22.1 Å². The fourth-order valence-corrected chi connectivity index (χ4v) is 4.05. The molecule has 0 spiro atoms. The zero-order chi connectivity index (χ0) is 25.9. The molecular formula is C27H27F3N4O2. The van der Waals surface area contributed by atoms with E-state index < -0.39 is 24.2 Å². The minimum atomic E-state index is -4.98. The second kappa shape index (κ2) is 10.4. The number of alkyl halides is 3. The Bertz CT molecular complexity index is 1340. The highest BCUT2D eigenvalue weighted by atomic mass is 19.4. The van der Waals surface area contributed by atoms with Crippen molar-refractivity contribution >= 4 is 16.8 Å². The summed E-state index contributed by atoms with van der Waals surface area (Å²) in [5.41, 5.74) is 3.57. The first-order valence-corrected chi connectivity index (χ1v) is 11.4. The highest BCUT2D eigenvalue weighted by Crippen LogP contribution is 2.29. The number of benzene rings is 3. The van der Waals surface area contributed by atoms with Gasteiger partial charge in [0.1, 0.15) is 11.9 Å². The van der Waals surface area contributed by atoms with Crippen LogP contribution in [-0.2, 0) is 11.3 Å². The van der Waals surface area contributed by atoms with E-state index >= 15 is 0 Å². The summed E-state index contributed by atoms with van der Waals surface area (Å²) >= 11 is 0. The summed E-state index contributed by atoms with van der Waals surface area (Å²) in [6.45, 7) is 2.29. The summed E-state index contributed by atoms with van der Waals surface area (Å²) in [6, 6.07) is 21.4. The molecule has 188 valence electrons. The van der Waals surface area contributed by atoms with Gasteiger partial charge in [0.2, 0.25) is 0 Å². The van der Waals surface area contributed by atoms with Crippen LogP contribution in [0.4, 0.5) is 13.2 Å². The number of fused-ring (bicyclic) bond motifs is 1. The molecule has 1 heterocycles. The van der Waals surface area contributed by atoms with Crippen molar-refractivity contribution < 1.29 is 22.7 Å². The molecule has 9 heteroatoms. The van der Waals surface area contributed by atoms with Crippen molar-refractivity contribution in [2.45, 2.75) is 31.8 Å². The van der Waals surface area contributed by atoms with Gasteiger partial charge in [0, 0.05) is 11.9 Å². The average molecular weight is 497 g/mol. The third-order valence-electron chi connectivity index (χ3n) is 5.65. The van der Waals surface area contributed by atoms with Gasteiger partial charge in [-0.25, -0.2) is 4.68 Å². The molecule has 1 N–H and O–H groups in total. The minimum Gasteiger partial charge on any atom is -0.484 e. The molecule has 0 bridgehead atoms. The van der Waals surface area contributed by atoms with Gasteiger partial charge >= 0.3 is 12.1 Å². The van der Waals surface area contributed by atoms with Gasteiger partial charge in [-0.2, -0.15) is 18.3 Å². The van der Waals surface area contributed by atoms with Gasteiger partial charge in [0.15, 0.2) is 0 Å². The van der Waals surface area contributed by atoms with E-state index in [0.717, 1.165) is 28.7 Å². The smallest absolute Gasteiger partial charge is 0.471 e. The number of ether oxygens (including phenoxy) is 1. The standard InChI is InChI=1S/C27H27F3N4O2/c1-18(32-26(35)27(28,29)30)25(20-9-5-4-6-10-20)36-23-12-13-24-21(15-23)16-31-34(24)22-11-7-8-19(14-22)17-33(2)3/h4-16,18,25H,17H2,1-3H3,(H,32,35)/t18-,25+/m0/s1. The van der Waals surface area contributed by atoms with Crippen LogP contribution in [0.2, 0.25) is 0 Å². The Hall–Kier alpha value is -3.85. The van der Waals surface area contributed by atoms with Crippen molar-refractivity contribution in [1.29, 1.82) is 0 Å². The molecule has 3 aromatic carbocycles. The number of hydrogen-bond donors (Lipinski definition) is 1. The van der Waals surface area contributed by atoms with Crippen LogP contribution in [0.15, 0.2) is 79.0 Å². The molecular weight excluding hydrogens is 469 g/mol. The van der Waals surface area contributed by atoms with Crippen LogP contribution in [0, 0.1) is 0 Å². The summed E-state index contributed by atoms with van der Waals surface area (Å²) in [4.78, 5) is 13.6. The van der Waals surface area contributed by atoms with E-state index in [4.69, 9.17) is 4.74 Å². The predicted octanol–water partition coefficient (Wildman–Crippen LogP) is 5.27. The Morgan fingerprint density at radius 3 is 2.50 bits per heavy atom. The monoisotopic (exact) mass is 496 g/mol. The molecule has 0 aliphatic rings. The van der Waals surface area contributed by atoms with Crippen LogP contribution >= 0.6 is 0 Å². The number of carbonyl (C=O) groups is 1. The Morgan fingerprint density at radius 1 is 1.06 bits per heavy atom. The summed E-state index contributed by atoms with van der Waals surface area (Å²) in [5.74, 6) is -1.56. The van der Waals surface area contributed by atoms with E-state index in [1.165, 1.54) is 6.92 Å². The van der Waals surface area contributed by atoms with Crippen molar-refractivity contribution in [3.8, 4) is 11.4 Å². The summed E-state index contributed by atoms with van der Waals surface area (Å²) < 4.78 is 46.5. The zero-order valence-electron chi connectivity index (χ0n) is 20.2. The molecule has 6 nitrogen and oxygen atoms in total. The van der Waals surface area contributed by atoms with Crippen molar-refractivity contribution in [3.05, 3.63) is 90.1 Å². The lowest BCUT2D eigenvalue weighted by Gasteiger charge is -2.27. The molecule has 4 aromatic rings. The van der Waals surface area contributed by atoms with Gasteiger partial charge in [0.05, 0.1) is 23.4 Å². The van der Waals surface area contributed by atoms with Crippen LogP contribution in [0.3, 0.4) is 0 Å². The van der Waals surface area contributed by atoms with Gasteiger partial charge in [0.25, 0.3) is 0 Å². The number of nitrogens with one attached hydrogen (secondary N) is 1. The molecule has 0 aliphatic heterocycles. The quantitative estimate of drug-likeness (QED) is 0.361. The van der Waals surface area contributed by atoms with Gasteiger partial charge in [-0.05, 0) is 62.5 Å². The molecule has 4 rings (SSSR count). The number of rotatable bonds is 8. The van der Waals surface area contributed by atoms with Gasteiger partial charge < -0.3 is 15.0 Å². The van der Waals surface area contributed by atoms with Gasteiger partial charge in [-0.3, -0.25) is 4.79 Å². The number of aromatic nitrogens is 2. The highest BCUT2D eigenvalue weighted by molar-refractivity contribution is 5.82. The van der Waals surface area contributed by atoms with E-state index in [-0.39, 0.29) is 0 Å². The van der Waals surface area contributed by atoms with E-state index in [0.29, 0.717) is 11.3 Å². The number of halogens is 3. The molecule has 0 radical (unpaired) electrons. The topological polar surface area (TPSA) is 59.4 Å². The maximum absolute atomic E-state index is 12.8. The maximum atomic E-state index is 12.8. The molecule has 0 fully saturated rings. The normalized spacial score (nSPS) is 13.5. The number of amides is 1. The van der Waals surface area contributed by atoms with Crippen LogP contribution in [0.1, 0.15) is 24.2 Å². The first kappa shape index (κ1) is 25.2. The lowest BCUT2D eigenvalue weighted by Crippen LogP contribution is -2.45. The Kier molecular flexibility index (Phi) is 7.30. The Morgan fingerprint density at radius 2 is 1.81 bits per heavy atom. The SMILES string of the molecule is C[C@H](NC(=O)C(F)(F)F)[C@@H](Oc1ccc2c(cnn2-c2cccc(CN(C)C)c2)c1)c1ccccc1. The fraction of sp³-hybridized carbons (Fsp3) is 0.259. The van der Waals surface area contributed by atoms with Crippen molar-refractivity contribution in [1.82, 2.24) is 20.0 Å². The molecule has 1 aromatic heterocycles. The third kappa shape index (κ3) is 5.85. The van der Waals surface area contributed by atoms with Crippen LogP contribution in [0.5, 0.6) is 5.75 Å². The predicted molar refractivity (Wildman–Crippen MR) is 132 cm³/mol. The second-order valence-corrected chi connectivity index (χ2v) is 8.89. The van der Waals surface area contributed by atoms with E-state index in [1.54, 1.807) is 48.7 Å². The summed E-state index contributed by atoms with van der Waals surface area (Å²) in [7, 11) is 4.02. The number of nitrogens with zero attached hydrogens (tertiary/aromatic N) is 3. The van der Waals surface area contributed by atoms with Crippen molar-refractivity contribution in [2.75, 3.05) is 14.1 Å². The summed E-state index contributed by atoms with van der Waals surface area (Å²) in [6.07, 6.45) is -4.10. The molecule has 0 unspecified atom stereocenters. The third-order valence-corrected chi connectivity index (χ3v) is 5.65. The molecule has 1 amide bonds. The van der Waals surface area contributed by atoms with Crippen LogP contribution in [-0.4, -0.2) is 46.9 Å². The molecule has 36 heavy (non-hydrogen) atoms. The van der Waals surface area contributed by atoms with E-state index in [9.17, 15) is 18.0 Å². The van der Waals surface area contributed by atoms with Gasteiger partial charge in [-0.1, -0.05) is 42.5 Å². The molecule has 0 aliphatic carbocycles. The summed E-state index contributed by atoms with van der Waals surface area (Å²) in [5, 5.41) is 7.35. The molecule has 0 saturated heterocycles. The fourth-order valence-electron chi connectivity index (χ4n) is 4.05. The average Bonchev–Trinajstić information content (AvgIpc) is 3.25. The van der Waals surface area contributed by atoms with Crippen LogP contribution < -0.4 is 10.1 Å². The van der Waals surface area contributed by atoms with E-state index in [1.807, 2.05) is 42.3 Å². The minimum absolute atomic E-state index is 0.449. The second-order valence-electron chi connectivity index (χ2n) is 8.89. The lowest BCUT2D eigenvalue weighted by molar-refractivity contribution is -0.174. The van der Waals surface area contributed by atoms with Crippen LogP contribution in [0.25, 0.3) is 16.6 Å². The number of hydrogen-bond acceptors (Lipinski definition) is 4. The van der Waals surface area contributed by atoms with Crippen molar-refractivity contribution in [2.24, 2.45) is 0 Å². The zero-order valence-corrected chi connectivity index (χ0v) is 20.2. The maximum Gasteiger partial charge on any atom is 0.471 e. The largest absolute Gasteiger partial charge is 0.484 e. The first-order chi connectivity index (χ1) is 17.1. The molecule has 2 atom stereocenters. The van der Waals surface area contributed by atoms with Crippen molar-refractivity contribution in [3.63, 3.8) is 0 Å². The molecule has 0 saturated carbocycles. The Labute approximate surface area is 207 Å². The number of carbonyl (C=O) groups excluding carboxylic acids is 1.